The van der Waals surface area contributed by atoms with Crippen LogP contribution in [0, 0.1) is 0 Å². The highest BCUT2D eigenvalue weighted by molar-refractivity contribution is 9.10. The molecule has 1 N–H and O–H groups in total. The van der Waals surface area contributed by atoms with Crippen LogP contribution in [0.5, 0.6) is 5.75 Å². The zero-order valence-electron chi connectivity index (χ0n) is 13.3. The predicted molar refractivity (Wildman–Crippen MR) is 96.6 cm³/mol. The second-order valence-electron chi connectivity index (χ2n) is 6.24. The molecule has 1 unspecified atom stereocenters. The molecule has 0 spiro atoms. The van der Waals surface area contributed by atoms with Gasteiger partial charge in [-0.25, -0.2) is 0 Å². The van der Waals surface area contributed by atoms with E-state index in [4.69, 9.17) is 0 Å². The molecule has 132 valence electrons. The molecule has 0 saturated carbocycles. The molecule has 0 bridgehead atoms. The normalized spacial score (nSPS) is 22.9. The Kier molecular flexibility index (Phi) is 4.62. The van der Waals surface area contributed by atoms with Crippen LogP contribution in [-0.2, 0) is 4.79 Å². The minimum Gasteiger partial charge on any atom is -0.434 e. The summed E-state index contributed by atoms with van der Waals surface area (Å²) >= 11 is 4.99. The molecular formula is C18H16BrF2NO2S. The summed E-state index contributed by atoms with van der Waals surface area (Å²) in [5.41, 5.74) is 3.79. The SMILES string of the molecule is O=C1CCCC2=C1C(c1ccc(Br)c(OC(F)F)c1)C1=C(CCS1)N2. The molecule has 2 aliphatic heterocycles. The summed E-state index contributed by atoms with van der Waals surface area (Å²) < 4.78 is 30.5. The molecule has 1 atom stereocenters. The van der Waals surface area contributed by atoms with Crippen molar-refractivity contribution in [2.24, 2.45) is 0 Å². The first-order valence-electron chi connectivity index (χ1n) is 8.18. The Morgan fingerprint density at radius 2 is 2.08 bits per heavy atom. The van der Waals surface area contributed by atoms with E-state index in [1.54, 1.807) is 23.9 Å². The summed E-state index contributed by atoms with van der Waals surface area (Å²) in [5.74, 6) is 1.04. The van der Waals surface area contributed by atoms with Crippen molar-refractivity contribution in [1.29, 1.82) is 0 Å². The van der Waals surface area contributed by atoms with Crippen LogP contribution < -0.4 is 10.1 Å². The first-order chi connectivity index (χ1) is 12.0. The molecule has 25 heavy (non-hydrogen) atoms. The molecule has 0 fully saturated rings. The summed E-state index contributed by atoms with van der Waals surface area (Å²) in [5, 5.41) is 3.46. The lowest BCUT2D eigenvalue weighted by molar-refractivity contribution is -0.116. The van der Waals surface area contributed by atoms with Gasteiger partial charge in [0.15, 0.2) is 5.78 Å². The maximum absolute atomic E-state index is 12.7. The van der Waals surface area contributed by atoms with Gasteiger partial charge in [-0.15, -0.1) is 11.8 Å². The lowest BCUT2D eigenvalue weighted by Crippen LogP contribution is -2.30. The predicted octanol–water partition coefficient (Wildman–Crippen LogP) is 5.09. The number of dihydropyridines is 1. The number of halogens is 3. The van der Waals surface area contributed by atoms with Crippen molar-refractivity contribution in [2.75, 3.05) is 5.75 Å². The second-order valence-corrected chi connectivity index (χ2v) is 8.23. The van der Waals surface area contributed by atoms with Gasteiger partial charge in [-0.3, -0.25) is 4.79 Å². The van der Waals surface area contributed by atoms with E-state index in [0.29, 0.717) is 10.9 Å². The Morgan fingerprint density at radius 3 is 2.88 bits per heavy atom. The van der Waals surface area contributed by atoms with Crippen molar-refractivity contribution in [2.45, 2.75) is 38.2 Å². The summed E-state index contributed by atoms with van der Waals surface area (Å²) in [6.07, 6.45) is 3.20. The molecule has 4 rings (SSSR count). The van der Waals surface area contributed by atoms with Crippen LogP contribution in [0.4, 0.5) is 8.78 Å². The first kappa shape index (κ1) is 17.1. The van der Waals surface area contributed by atoms with E-state index in [2.05, 4.69) is 26.0 Å². The highest BCUT2D eigenvalue weighted by Gasteiger charge is 2.38. The van der Waals surface area contributed by atoms with E-state index in [0.717, 1.165) is 46.8 Å². The number of allylic oxidation sites excluding steroid dienone is 4. The van der Waals surface area contributed by atoms with E-state index >= 15 is 0 Å². The number of ether oxygens (including phenoxy) is 1. The number of ketones is 1. The highest BCUT2D eigenvalue weighted by Crippen LogP contribution is 2.50. The number of hydrogen-bond donors (Lipinski definition) is 1. The molecule has 1 aromatic carbocycles. The van der Waals surface area contributed by atoms with Crippen molar-refractivity contribution in [3.63, 3.8) is 0 Å². The van der Waals surface area contributed by atoms with Crippen LogP contribution in [0.3, 0.4) is 0 Å². The van der Waals surface area contributed by atoms with E-state index < -0.39 is 6.61 Å². The van der Waals surface area contributed by atoms with Crippen LogP contribution in [0.2, 0.25) is 0 Å². The van der Waals surface area contributed by atoms with Crippen LogP contribution in [0.1, 0.15) is 37.2 Å². The summed E-state index contributed by atoms with van der Waals surface area (Å²) in [7, 11) is 0. The third kappa shape index (κ3) is 3.12. The van der Waals surface area contributed by atoms with Crippen molar-refractivity contribution in [1.82, 2.24) is 5.32 Å². The van der Waals surface area contributed by atoms with Gasteiger partial charge in [0.1, 0.15) is 5.75 Å². The molecule has 3 nitrogen and oxygen atoms in total. The lowest BCUT2D eigenvalue weighted by atomic mass is 9.79. The quantitative estimate of drug-likeness (QED) is 0.728. The standard InChI is InChI=1S/C18H16BrF2NO2S/c19-10-5-4-9(8-14(10)24-18(20)21)15-16-11(2-1-3-13(16)23)22-12-6-7-25-17(12)15/h4-5,8,15,18,22H,1-3,6-7H2. The Bertz CT molecular complexity index is 806. The van der Waals surface area contributed by atoms with Crippen LogP contribution >= 0.6 is 27.7 Å². The minimum atomic E-state index is -2.89. The van der Waals surface area contributed by atoms with Gasteiger partial charge in [0.2, 0.25) is 0 Å². The zero-order chi connectivity index (χ0) is 17.6. The minimum absolute atomic E-state index is 0.0987. The van der Waals surface area contributed by atoms with Crippen molar-refractivity contribution in [3.05, 3.63) is 50.1 Å². The monoisotopic (exact) mass is 427 g/mol. The van der Waals surface area contributed by atoms with E-state index in [-0.39, 0.29) is 17.5 Å². The van der Waals surface area contributed by atoms with Crippen molar-refractivity contribution in [3.8, 4) is 5.75 Å². The maximum Gasteiger partial charge on any atom is 0.387 e. The largest absolute Gasteiger partial charge is 0.434 e. The maximum atomic E-state index is 12.7. The third-order valence-corrected chi connectivity index (χ3v) is 6.58. The number of carbonyl (C=O) groups excluding carboxylic acids is 1. The fourth-order valence-corrected chi connectivity index (χ4v) is 5.31. The molecule has 1 aromatic rings. The van der Waals surface area contributed by atoms with E-state index in [1.165, 1.54) is 5.70 Å². The molecule has 0 radical (unpaired) electrons. The van der Waals surface area contributed by atoms with Gasteiger partial charge in [-0.1, -0.05) is 6.07 Å². The summed E-state index contributed by atoms with van der Waals surface area (Å²) in [6.45, 7) is -2.89. The Balaban J connectivity index is 1.82. The number of Topliss-reactive ketones (excluding diaryl/α,β-unsaturated/α-hetero) is 1. The lowest BCUT2D eigenvalue weighted by Gasteiger charge is -2.33. The van der Waals surface area contributed by atoms with Gasteiger partial charge in [0, 0.05) is 40.0 Å². The number of rotatable bonds is 3. The molecule has 1 aliphatic carbocycles. The van der Waals surface area contributed by atoms with Crippen LogP contribution in [0.25, 0.3) is 0 Å². The third-order valence-electron chi connectivity index (χ3n) is 4.72. The Hall–Kier alpha value is -1.34. The molecule has 3 aliphatic rings. The van der Waals surface area contributed by atoms with Gasteiger partial charge in [-0.2, -0.15) is 8.78 Å². The van der Waals surface area contributed by atoms with Gasteiger partial charge in [-0.05, 0) is 52.9 Å². The Labute approximate surface area is 157 Å². The number of benzene rings is 1. The Morgan fingerprint density at radius 1 is 1.24 bits per heavy atom. The highest BCUT2D eigenvalue weighted by atomic mass is 79.9. The topological polar surface area (TPSA) is 38.3 Å². The fraction of sp³-hybridized carbons (Fsp3) is 0.389. The number of thioether (sulfide) groups is 1. The number of hydrogen-bond acceptors (Lipinski definition) is 4. The number of carbonyl (C=O) groups is 1. The molecule has 0 amide bonds. The molecule has 7 heteroatoms. The van der Waals surface area contributed by atoms with E-state index in [1.807, 2.05) is 6.07 Å². The average Bonchev–Trinajstić information content (AvgIpc) is 3.03. The van der Waals surface area contributed by atoms with Gasteiger partial charge in [0.25, 0.3) is 0 Å². The number of alkyl halides is 2. The van der Waals surface area contributed by atoms with Crippen LogP contribution in [-0.4, -0.2) is 18.1 Å². The number of nitrogens with one attached hydrogen (secondary N) is 1. The van der Waals surface area contributed by atoms with Crippen molar-refractivity contribution >= 4 is 33.5 Å². The van der Waals surface area contributed by atoms with Gasteiger partial charge < -0.3 is 10.1 Å². The molecule has 0 aromatic heterocycles. The molecular weight excluding hydrogens is 412 g/mol. The summed E-state index contributed by atoms with van der Waals surface area (Å²) in [4.78, 5) is 13.8. The van der Waals surface area contributed by atoms with Crippen LogP contribution in [0.15, 0.2) is 44.5 Å². The zero-order valence-corrected chi connectivity index (χ0v) is 15.7. The van der Waals surface area contributed by atoms with Gasteiger partial charge >= 0.3 is 6.61 Å². The average molecular weight is 428 g/mol. The smallest absolute Gasteiger partial charge is 0.387 e. The van der Waals surface area contributed by atoms with E-state index in [9.17, 15) is 13.6 Å². The van der Waals surface area contributed by atoms with Gasteiger partial charge in [0.05, 0.1) is 4.47 Å². The second kappa shape index (κ2) is 6.76. The first-order valence-corrected chi connectivity index (χ1v) is 9.96. The fourth-order valence-electron chi connectivity index (χ4n) is 3.70. The summed E-state index contributed by atoms with van der Waals surface area (Å²) in [6, 6.07) is 5.22. The van der Waals surface area contributed by atoms with Crippen molar-refractivity contribution < 1.29 is 18.3 Å². The molecule has 2 heterocycles. The molecule has 0 saturated heterocycles.